The van der Waals surface area contributed by atoms with Gasteiger partial charge in [-0.2, -0.15) is 4.31 Å². The zero-order chi connectivity index (χ0) is 14.3. The number of nitrogens with two attached hydrogens (primary N) is 1. The summed E-state index contributed by atoms with van der Waals surface area (Å²) < 4.78 is 26.5. The second-order valence-electron chi connectivity index (χ2n) is 4.80. The second kappa shape index (κ2) is 4.57. The Morgan fingerprint density at radius 1 is 1.15 bits per heavy atom. The topological polar surface area (TPSA) is 80.5 Å². The van der Waals surface area contributed by atoms with Crippen molar-refractivity contribution in [1.82, 2.24) is 4.31 Å². The fourth-order valence-electron chi connectivity index (χ4n) is 2.48. The molecule has 1 aliphatic rings. The Morgan fingerprint density at radius 2 is 1.85 bits per heavy atom. The van der Waals surface area contributed by atoms with Gasteiger partial charge in [0.25, 0.3) is 0 Å². The molecule has 0 radical (unpaired) electrons. The van der Waals surface area contributed by atoms with E-state index in [0.29, 0.717) is 18.4 Å². The Hall–Kier alpha value is -1.92. The van der Waals surface area contributed by atoms with Crippen LogP contribution >= 0.6 is 0 Å². The van der Waals surface area contributed by atoms with Crippen molar-refractivity contribution in [2.24, 2.45) is 5.73 Å². The molecule has 2 N–H and O–H groups in total. The first kappa shape index (κ1) is 13.1. The number of rotatable bonds is 3. The predicted molar refractivity (Wildman–Crippen MR) is 75.4 cm³/mol. The summed E-state index contributed by atoms with van der Waals surface area (Å²) in [7, 11) is -3.69. The van der Waals surface area contributed by atoms with E-state index in [-0.39, 0.29) is 4.90 Å². The molecule has 0 aromatic heterocycles. The maximum atomic E-state index is 12.7. The first-order chi connectivity index (χ1) is 9.51. The van der Waals surface area contributed by atoms with E-state index in [9.17, 15) is 13.2 Å². The number of primary amides is 1. The third-order valence-electron chi connectivity index (χ3n) is 3.64. The summed E-state index contributed by atoms with van der Waals surface area (Å²) in [6, 6.07) is 11.7. The van der Waals surface area contributed by atoms with Gasteiger partial charge in [-0.05, 0) is 17.9 Å². The Morgan fingerprint density at radius 3 is 2.50 bits per heavy atom. The van der Waals surface area contributed by atoms with Gasteiger partial charge in [0.1, 0.15) is 6.04 Å². The lowest BCUT2D eigenvalue weighted by atomic mass is 10.1. The Kier molecular flexibility index (Phi) is 2.99. The summed E-state index contributed by atoms with van der Waals surface area (Å²) in [4.78, 5) is 11.5. The van der Waals surface area contributed by atoms with Gasteiger partial charge in [0, 0.05) is 11.9 Å². The maximum Gasteiger partial charge on any atom is 0.244 e. The fraction of sp³-hybridized carbons (Fsp3) is 0.214. The van der Waals surface area contributed by atoms with E-state index >= 15 is 0 Å². The first-order valence-electron chi connectivity index (χ1n) is 6.31. The van der Waals surface area contributed by atoms with Gasteiger partial charge in [0.05, 0.1) is 4.90 Å². The lowest BCUT2D eigenvalue weighted by Crippen LogP contribution is -2.57. The largest absolute Gasteiger partial charge is 0.368 e. The van der Waals surface area contributed by atoms with Gasteiger partial charge >= 0.3 is 0 Å². The molecule has 3 rings (SSSR count). The van der Waals surface area contributed by atoms with Crippen molar-refractivity contribution in [3.8, 4) is 0 Å². The van der Waals surface area contributed by atoms with Gasteiger partial charge in [-0.1, -0.05) is 36.4 Å². The monoisotopic (exact) mass is 290 g/mol. The van der Waals surface area contributed by atoms with Crippen molar-refractivity contribution in [1.29, 1.82) is 0 Å². The quantitative estimate of drug-likeness (QED) is 0.918. The summed E-state index contributed by atoms with van der Waals surface area (Å²) in [5, 5.41) is 1.51. The number of carbonyl (C=O) groups excluding carboxylic acids is 1. The minimum absolute atomic E-state index is 0.224. The summed E-state index contributed by atoms with van der Waals surface area (Å²) >= 11 is 0. The minimum atomic E-state index is -3.69. The Labute approximate surface area is 117 Å². The lowest BCUT2D eigenvalue weighted by Gasteiger charge is -2.37. The van der Waals surface area contributed by atoms with Gasteiger partial charge < -0.3 is 5.73 Å². The van der Waals surface area contributed by atoms with E-state index in [1.807, 2.05) is 18.2 Å². The molecule has 20 heavy (non-hydrogen) atoms. The van der Waals surface area contributed by atoms with Crippen LogP contribution in [0.3, 0.4) is 0 Å². The molecule has 2 aromatic carbocycles. The summed E-state index contributed by atoms with van der Waals surface area (Å²) in [6.45, 7) is 0.333. The normalized spacial score (nSPS) is 19.7. The summed E-state index contributed by atoms with van der Waals surface area (Å²) in [6.07, 6.45) is 0.485. The van der Waals surface area contributed by atoms with Gasteiger partial charge in [-0.15, -0.1) is 0 Å². The average molecular weight is 290 g/mol. The molecule has 1 fully saturated rings. The van der Waals surface area contributed by atoms with Gasteiger partial charge in [0.2, 0.25) is 15.9 Å². The van der Waals surface area contributed by atoms with Crippen LogP contribution in [0.4, 0.5) is 0 Å². The predicted octanol–water partition coefficient (Wildman–Crippen LogP) is 1.09. The van der Waals surface area contributed by atoms with Crippen LogP contribution in [0.15, 0.2) is 47.4 Å². The van der Waals surface area contributed by atoms with E-state index in [1.165, 1.54) is 4.31 Å². The standard InChI is InChI=1S/C14H14N2O3S/c15-14(17)12-8-9-16(12)20(18,19)13-7-3-5-10-4-1-2-6-11(10)13/h1-7,12H,8-9H2,(H2,15,17). The number of fused-ring (bicyclic) bond motifs is 1. The highest BCUT2D eigenvalue weighted by Gasteiger charge is 2.42. The molecule has 0 aliphatic carbocycles. The molecule has 104 valence electrons. The molecular formula is C14H14N2O3S. The number of nitrogens with zero attached hydrogens (tertiary/aromatic N) is 1. The zero-order valence-corrected chi connectivity index (χ0v) is 11.5. The van der Waals surface area contributed by atoms with E-state index in [2.05, 4.69) is 0 Å². The molecule has 1 saturated heterocycles. The van der Waals surface area contributed by atoms with Gasteiger partial charge in [0.15, 0.2) is 0 Å². The molecule has 0 spiro atoms. The van der Waals surface area contributed by atoms with E-state index < -0.39 is 22.0 Å². The number of amides is 1. The fourth-order valence-corrected chi connectivity index (χ4v) is 4.34. The van der Waals surface area contributed by atoms with Gasteiger partial charge in [-0.3, -0.25) is 4.79 Å². The van der Waals surface area contributed by atoms with E-state index in [4.69, 9.17) is 5.73 Å². The van der Waals surface area contributed by atoms with Crippen LogP contribution in [-0.4, -0.2) is 31.2 Å². The highest BCUT2D eigenvalue weighted by molar-refractivity contribution is 7.89. The SMILES string of the molecule is NC(=O)C1CCN1S(=O)(=O)c1cccc2ccccc12. The van der Waals surface area contributed by atoms with Gasteiger partial charge in [-0.25, -0.2) is 8.42 Å². The van der Waals surface area contributed by atoms with Crippen LogP contribution in [0.2, 0.25) is 0 Å². The Bertz CT molecular complexity index is 781. The molecule has 1 heterocycles. The van der Waals surface area contributed by atoms with Crippen LogP contribution in [-0.2, 0) is 14.8 Å². The third kappa shape index (κ3) is 1.88. The van der Waals surface area contributed by atoms with Crippen LogP contribution in [0.5, 0.6) is 0 Å². The number of carbonyl (C=O) groups is 1. The minimum Gasteiger partial charge on any atom is -0.368 e. The molecule has 0 bridgehead atoms. The Balaban J connectivity index is 2.13. The van der Waals surface area contributed by atoms with Crippen LogP contribution < -0.4 is 5.73 Å². The van der Waals surface area contributed by atoms with Crippen LogP contribution in [0.25, 0.3) is 10.8 Å². The smallest absolute Gasteiger partial charge is 0.244 e. The maximum absolute atomic E-state index is 12.7. The zero-order valence-electron chi connectivity index (χ0n) is 10.7. The van der Waals surface area contributed by atoms with Crippen LogP contribution in [0, 0.1) is 0 Å². The summed E-state index contributed by atoms with van der Waals surface area (Å²) in [5.41, 5.74) is 5.23. The molecule has 0 saturated carbocycles. The third-order valence-corrected chi connectivity index (χ3v) is 5.60. The highest BCUT2D eigenvalue weighted by atomic mass is 32.2. The molecule has 1 amide bonds. The number of hydrogen-bond acceptors (Lipinski definition) is 3. The second-order valence-corrected chi connectivity index (χ2v) is 6.66. The lowest BCUT2D eigenvalue weighted by molar-refractivity contribution is -0.124. The van der Waals surface area contributed by atoms with Crippen molar-refractivity contribution >= 4 is 26.7 Å². The number of sulfonamides is 1. The molecule has 5 nitrogen and oxygen atoms in total. The molecule has 6 heteroatoms. The molecule has 1 aliphatic heterocycles. The van der Waals surface area contributed by atoms with E-state index in [1.54, 1.807) is 24.3 Å². The number of benzene rings is 2. The van der Waals surface area contributed by atoms with Crippen molar-refractivity contribution in [3.05, 3.63) is 42.5 Å². The summed E-state index contributed by atoms with van der Waals surface area (Å²) in [5.74, 6) is -0.597. The van der Waals surface area contributed by atoms with Crippen molar-refractivity contribution in [2.45, 2.75) is 17.4 Å². The molecule has 2 aromatic rings. The highest BCUT2D eigenvalue weighted by Crippen LogP contribution is 2.31. The van der Waals surface area contributed by atoms with Crippen molar-refractivity contribution < 1.29 is 13.2 Å². The molecule has 1 unspecified atom stereocenters. The molecular weight excluding hydrogens is 276 g/mol. The van der Waals surface area contributed by atoms with Crippen molar-refractivity contribution in [3.63, 3.8) is 0 Å². The van der Waals surface area contributed by atoms with E-state index in [0.717, 1.165) is 5.39 Å². The first-order valence-corrected chi connectivity index (χ1v) is 7.75. The number of hydrogen-bond donors (Lipinski definition) is 1. The molecule has 1 atom stereocenters. The van der Waals surface area contributed by atoms with Crippen molar-refractivity contribution in [2.75, 3.05) is 6.54 Å². The van der Waals surface area contributed by atoms with Crippen LogP contribution in [0.1, 0.15) is 6.42 Å². The average Bonchev–Trinajstić information content (AvgIpc) is 2.35.